The molecular formula is C7H17NS+2. The van der Waals surface area contributed by atoms with Gasteiger partial charge in [-0.15, -0.1) is 0 Å². The maximum absolute atomic E-state index is 2.39. The second kappa shape index (κ2) is 2.51. The molecule has 9 heavy (non-hydrogen) atoms. The molecule has 1 heterocycles. The molecule has 0 unspecified atom stereocenters. The summed E-state index contributed by atoms with van der Waals surface area (Å²) in [4.78, 5) is 0. The molecule has 0 spiro atoms. The fourth-order valence-electron chi connectivity index (χ4n) is 1.02. The van der Waals surface area contributed by atoms with E-state index in [0.717, 1.165) is 10.9 Å². The summed E-state index contributed by atoms with van der Waals surface area (Å²) >= 11 is 0. The molecule has 0 bridgehead atoms. The fraction of sp³-hybridized carbons (Fsp3) is 1.00. The molecule has 0 aliphatic carbocycles. The van der Waals surface area contributed by atoms with Gasteiger partial charge >= 0.3 is 0 Å². The fourth-order valence-corrected chi connectivity index (χ4v) is 2.84. The minimum atomic E-state index is 0.748. The molecule has 1 rings (SSSR count). The van der Waals surface area contributed by atoms with Crippen LogP contribution in [0.2, 0.25) is 0 Å². The van der Waals surface area contributed by atoms with Gasteiger partial charge in [0, 0.05) is 0 Å². The van der Waals surface area contributed by atoms with Gasteiger partial charge in [0.2, 0.25) is 0 Å². The van der Waals surface area contributed by atoms with Crippen LogP contribution in [0.5, 0.6) is 0 Å². The lowest BCUT2D eigenvalue weighted by molar-refractivity contribution is -0.886. The van der Waals surface area contributed by atoms with Crippen LogP contribution in [-0.2, 0) is 10.9 Å². The summed E-state index contributed by atoms with van der Waals surface area (Å²) in [6.45, 7) is 2.78. The van der Waals surface area contributed by atoms with Crippen LogP contribution in [0.1, 0.15) is 0 Å². The molecular weight excluding hydrogens is 130 g/mol. The average Bonchev–Trinajstić information content (AvgIpc) is 1.78. The highest BCUT2D eigenvalue weighted by atomic mass is 32.2. The molecule has 0 radical (unpaired) electrons. The molecule has 1 aliphatic rings. The molecule has 1 saturated heterocycles. The van der Waals surface area contributed by atoms with Gasteiger partial charge in [-0.3, -0.25) is 0 Å². The van der Waals surface area contributed by atoms with Gasteiger partial charge in [0.25, 0.3) is 0 Å². The normalized spacial score (nSPS) is 28.3. The van der Waals surface area contributed by atoms with Crippen molar-refractivity contribution in [2.24, 2.45) is 0 Å². The van der Waals surface area contributed by atoms with Gasteiger partial charge in [0.1, 0.15) is 13.1 Å². The maximum atomic E-state index is 2.39. The summed E-state index contributed by atoms with van der Waals surface area (Å²) in [7, 11) is 5.41. The van der Waals surface area contributed by atoms with E-state index in [-0.39, 0.29) is 0 Å². The van der Waals surface area contributed by atoms with Crippen molar-refractivity contribution >= 4 is 10.9 Å². The van der Waals surface area contributed by atoms with Crippen LogP contribution in [-0.4, -0.2) is 49.4 Å². The van der Waals surface area contributed by atoms with E-state index in [2.05, 4.69) is 20.4 Å². The topological polar surface area (TPSA) is 0 Å². The highest BCUT2D eigenvalue weighted by molar-refractivity contribution is 7.96. The number of hydrogen-bond donors (Lipinski definition) is 0. The first-order valence-electron chi connectivity index (χ1n) is 3.51. The number of quaternary nitrogens is 1. The van der Waals surface area contributed by atoms with E-state index in [1.165, 1.54) is 29.1 Å². The van der Waals surface area contributed by atoms with Gasteiger partial charge in [0.05, 0.1) is 20.4 Å². The zero-order valence-corrected chi connectivity index (χ0v) is 7.50. The monoisotopic (exact) mass is 147 g/mol. The molecule has 1 fully saturated rings. The molecule has 0 aromatic carbocycles. The minimum absolute atomic E-state index is 0.748. The highest BCUT2D eigenvalue weighted by Gasteiger charge is 2.28. The highest BCUT2D eigenvalue weighted by Crippen LogP contribution is 2.07. The first-order chi connectivity index (χ1) is 4.10. The van der Waals surface area contributed by atoms with Gasteiger partial charge in [0.15, 0.2) is 11.5 Å². The predicted molar refractivity (Wildman–Crippen MR) is 44.9 cm³/mol. The second-order valence-corrected chi connectivity index (χ2v) is 5.95. The smallest absolute Gasteiger partial charge is 0.156 e. The van der Waals surface area contributed by atoms with Gasteiger partial charge in [-0.05, 0) is 10.9 Å². The summed E-state index contributed by atoms with van der Waals surface area (Å²) in [5.41, 5.74) is 0. The molecule has 0 N–H and O–H groups in total. The van der Waals surface area contributed by atoms with Crippen LogP contribution in [0.3, 0.4) is 0 Å². The standard InChI is InChI=1S/C7H17NS/c1-8(2)4-6-9(3)7-5-8/h4-7H2,1-3H3/q+2. The van der Waals surface area contributed by atoms with E-state index in [9.17, 15) is 0 Å². The molecule has 1 aliphatic heterocycles. The Morgan fingerprint density at radius 3 is 1.89 bits per heavy atom. The molecule has 0 amide bonds. The van der Waals surface area contributed by atoms with Crippen molar-refractivity contribution in [3.8, 4) is 0 Å². The van der Waals surface area contributed by atoms with Crippen LogP contribution >= 0.6 is 0 Å². The number of nitrogens with zero attached hydrogens (tertiary/aromatic N) is 1. The Bertz CT molecular complexity index is 91.1. The maximum Gasteiger partial charge on any atom is 0.156 e. The van der Waals surface area contributed by atoms with Gasteiger partial charge < -0.3 is 4.48 Å². The van der Waals surface area contributed by atoms with E-state index >= 15 is 0 Å². The Balaban J connectivity index is 2.35. The third-order valence-electron chi connectivity index (χ3n) is 2.09. The van der Waals surface area contributed by atoms with Gasteiger partial charge in [-0.2, -0.15) is 0 Å². The van der Waals surface area contributed by atoms with Crippen molar-refractivity contribution < 1.29 is 4.48 Å². The molecule has 0 atom stereocenters. The van der Waals surface area contributed by atoms with Gasteiger partial charge in [-0.25, -0.2) is 0 Å². The van der Waals surface area contributed by atoms with Crippen molar-refractivity contribution in [3.05, 3.63) is 0 Å². The SMILES string of the molecule is C[S+]1CC[N+](C)(C)CC1. The average molecular weight is 147 g/mol. The molecule has 1 nitrogen and oxygen atoms in total. The Kier molecular flexibility index (Phi) is 2.07. The molecule has 2 heteroatoms. The van der Waals surface area contributed by atoms with Crippen molar-refractivity contribution in [2.75, 3.05) is 44.9 Å². The van der Waals surface area contributed by atoms with E-state index in [0.29, 0.717) is 0 Å². The summed E-state index contributed by atoms with van der Waals surface area (Å²) in [5.74, 6) is 2.90. The summed E-state index contributed by atoms with van der Waals surface area (Å²) in [6.07, 6.45) is 2.39. The Labute approximate surface area is 61.0 Å². The van der Waals surface area contributed by atoms with Crippen LogP contribution in [0.4, 0.5) is 0 Å². The van der Waals surface area contributed by atoms with Crippen LogP contribution in [0.15, 0.2) is 0 Å². The molecule has 0 aromatic heterocycles. The van der Waals surface area contributed by atoms with Crippen LogP contribution in [0.25, 0.3) is 0 Å². The Morgan fingerprint density at radius 1 is 1.11 bits per heavy atom. The summed E-state index contributed by atoms with van der Waals surface area (Å²) < 4.78 is 1.25. The number of rotatable bonds is 0. The number of hydrogen-bond acceptors (Lipinski definition) is 0. The Morgan fingerprint density at radius 2 is 1.56 bits per heavy atom. The lowest BCUT2D eigenvalue weighted by Gasteiger charge is -2.31. The first kappa shape index (κ1) is 7.42. The van der Waals surface area contributed by atoms with Crippen molar-refractivity contribution in [3.63, 3.8) is 0 Å². The second-order valence-electron chi connectivity index (χ2n) is 3.57. The van der Waals surface area contributed by atoms with E-state index in [4.69, 9.17) is 0 Å². The zero-order chi connectivity index (χ0) is 6.91. The molecule has 0 aromatic rings. The van der Waals surface area contributed by atoms with E-state index in [1.807, 2.05) is 0 Å². The van der Waals surface area contributed by atoms with Crippen molar-refractivity contribution in [1.82, 2.24) is 0 Å². The zero-order valence-electron chi connectivity index (χ0n) is 6.68. The molecule has 0 saturated carbocycles. The lowest BCUT2D eigenvalue weighted by atomic mass is 10.5. The lowest BCUT2D eigenvalue weighted by Crippen LogP contribution is -2.50. The van der Waals surface area contributed by atoms with Crippen molar-refractivity contribution in [2.45, 2.75) is 0 Å². The summed E-state index contributed by atoms with van der Waals surface area (Å²) in [6, 6.07) is 0. The quantitative estimate of drug-likeness (QED) is 0.342. The van der Waals surface area contributed by atoms with E-state index in [1.54, 1.807) is 0 Å². The first-order valence-corrected chi connectivity index (χ1v) is 5.48. The third kappa shape index (κ3) is 2.18. The Hall–Kier alpha value is 0.310. The van der Waals surface area contributed by atoms with Crippen molar-refractivity contribution in [1.29, 1.82) is 0 Å². The largest absolute Gasteiger partial charge is 0.321 e. The van der Waals surface area contributed by atoms with Crippen LogP contribution in [0, 0.1) is 0 Å². The van der Waals surface area contributed by atoms with Crippen LogP contribution < -0.4 is 0 Å². The predicted octanol–water partition coefficient (Wildman–Crippen LogP) is 0.325. The third-order valence-corrected chi connectivity index (χ3v) is 3.85. The van der Waals surface area contributed by atoms with Gasteiger partial charge in [-0.1, -0.05) is 0 Å². The minimum Gasteiger partial charge on any atom is -0.321 e. The summed E-state index contributed by atoms with van der Waals surface area (Å²) in [5, 5.41) is 0. The molecule has 54 valence electrons. The van der Waals surface area contributed by atoms with E-state index < -0.39 is 0 Å².